The van der Waals surface area contributed by atoms with Crippen LogP contribution in [0.15, 0.2) is 11.2 Å². The zero-order valence-corrected chi connectivity index (χ0v) is 13.2. The van der Waals surface area contributed by atoms with Crippen LogP contribution in [0.4, 0.5) is 0 Å². The first-order valence-corrected chi connectivity index (χ1v) is 7.64. The van der Waals surface area contributed by atoms with Crippen molar-refractivity contribution in [3.8, 4) is 0 Å². The van der Waals surface area contributed by atoms with Crippen LogP contribution in [-0.4, -0.2) is 48.7 Å². The van der Waals surface area contributed by atoms with Crippen LogP contribution in [0.2, 0.25) is 5.02 Å². The van der Waals surface area contributed by atoms with Crippen LogP contribution in [0.5, 0.6) is 0 Å². The number of hydrogen-bond acceptors (Lipinski definition) is 4. The lowest BCUT2D eigenvalue weighted by Gasteiger charge is -2.23. The van der Waals surface area contributed by atoms with E-state index in [-0.39, 0.29) is 28.5 Å². The van der Waals surface area contributed by atoms with Crippen molar-refractivity contribution in [2.24, 2.45) is 7.05 Å². The van der Waals surface area contributed by atoms with Crippen LogP contribution in [-0.2, 0) is 17.1 Å². The third-order valence-electron chi connectivity index (χ3n) is 3.16. The van der Waals surface area contributed by atoms with E-state index in [1.165, 1.54) is 15.2 Å². The fourth-order valence-electron chi connectivity index (χ4n) is 2.37. The largest absolute Gasteiger partial charge is 0.318 e. The highest BCUT2D eigenvalue weighted by atomic mass is 35.5. The van der Waals surface area contributed by atoms with Gasteiger partial charge in [-0.3, -0.25) is 4.68 Å². The Morgan fingerprint density at radius 3 is 2.79 bits per heavy atom. The average Bonchev–Trinajstić information content (AvgIpc) is 2.87. The van der Waals surface area contributed by atoms with Gasteiger partial charge in [-0.25, -0.2) is 8.42 Å². The number of aryl methyl sites for hydroxylation is 1. The lowest BCUT2D eigenvalue weighted by molar-refractivity contribution is 0.375. The summed E-state index contributed by atoms with van der Waals surface area (Å²) in [5.74, 6) is 0. The zero-order chi connectivity index (χ0) is 13.3. The van der Waals surface area contributed by atoms with Crippen LogP contribution in [0.1, 0.15) is 12.8 Å². The van der Waals surface area contributed by atoms with E-state index in [2.05, 4.69) is 10.4 Å². The second-order valence-corrected chi connectivity index (χ2v) is 6.60. The summed E-state index contributed by atoms with van der Waals surface area (Å²) in [6, 6.07) is -0.00836. The molecule has 0 amide bonds. The third kappa shape index (κ3) is 3.05. The van der Waals surface area contributed by atoms with Crippen LogP contribution < -0.4 is 5.32 Å². The first kappa shape index (κ1) is 16.7. The molecule has 2 rings (SSSR count). The minimum absolute atomic E-state index is 0. The van der Waals surface area contributed by atoms with Crippen molar-refractivity contribution in [1.82, 2.24) is 19.4 Å². The maximum Gasteiger partial charge on any atom is 0.262 e. The number of aromatic nitrogens is 2. The van der Waals surface area contributed by atoms with Gasteiger partial charge in [0.2, 0.25) is 0 Å². The van der Waals surface area contributed by atoms with Crippen LogP contribution in [0, 0.1) is 0 Å². The summed E-state index contributed by atoms with van der Waals surface area (Å²) in [6.45, 7) is 1.19. The molecule has 2 heterocycles. The van der Waals surface area contributed by atoms with E-state index in [0.29, 0.717) is 13.1 Å². The second-order valence-electron chi connectivity index (χ2n) is 4.39. The SMILES string of the molecule is CNCC1CCCN1S(=O)(=O)c1c(Cl)cnn1C.Cl. The van der Waals surface area contributed by atoms with Gasteiger partial charge in [-0.1, -0.05) is 11.6 Å². The molecule has 19 heavy (non-hydrogen) atoms. The Morgan fingerprint density at radius 2 is 2.26 bits per heavy atom. The summed E-state index contributed by atoms with van der Waals surface area (Å²) in [7, 11) is -0.161. The normalized spacial score (nSPS) is 20.5. The topological polar surface area (TPSA) is 67.2 Å². The molecular formula is C10H18Cl2N4O2S. The van der Waals surface area contributed by atoms with Crippen LogP contribution >= 0.6 is 24.0 Å². The molecule has 1 atom stereocenters. The predicted molar refractivity (Wildman–Crippen MR) is 76.3 cm³/mol. The first-order chi connectivity index (χ1) is 8.48. The van der Waals surface area contributed by atoms with Gasteiger partial charge < -0.3 is 5.32 Å². The van der Waals surface area contributed by atoms with E-state index in [4.69, 9.17) is 11.6 Å². The average molecular weight is 329 g/mol. The number of halogens is 2. The summed E-state index contributed by atoms with van der Waals surface area (Å²) in [4.78, 5) is 0. The Labute approximate surface area is 124 Å². The number of likely N-dealkylation sites (N-methyl/N-ethyl adjacent to an activating group) is 1. The number of nitrogens with one attached hydrogen (secondary N) is 1. The maximum absolute atomic E-state index is 12.6. The molecule has 110 valence electrons. The molecule has 0 spiro atoms. The molecule has 0 aliphatic carbocycles. The summed E-state index contributed by atoms with van der Waals surface area (Å²) >= 11 is 5.93. The fraction of sp³-hybridized carbons (Fsp3) is 0.700. The van der Waals surface area contributed by atoms with E-state index in [9.17, 15) is 8.42 Å². The Kier molecular flexibility index (Phi) is 5.64. The van der Waals surface area contributed by atoms with Gasteiger partial charge >= 0.3 is 0 Å². The van der Waals surface area contributed by atoms with Gasteiger partial charge in [-0.05, 0) is 19.9 Å². The molecule has 1 unspecified atom stereocenters. The summed E-state index contributed by atoms with van der Waals surface area (Å²) in [5, 5.41) is 7.16. The quantitative estimate of drug-likeness (QED) is 0.890. The van der Waals surface area contributed by atoms with Crippen molar-refractivity contribution in [2.45, 2.75) is 23.9 Å². The Hall–Kier alpha value is -0.340. The highest BCUT2D eigenvalue weighted by Crippen LogP contribution is 2.29. The number of hydrogen-bond donors (Lipinski definition) is 1. The molecule has 1 aliphatic rings. The van der Waals surface area contributed by atoms with Crippen molar-refractivity contribution in [3.05, 3.63) is 11.2 Å². The zero-order valence-electron chi connectivity index (χ0n) is 10.8. The molecule has 0 radical (unpaired) electrons. The Morgan fingerprint density at radius 1 is 1.58 bits per heavy atom. The summed E-state index contributed by atoms with van der Waals surface area (Å²) in [6.07, 6.45) is 3.11. The highest BCUT2D eigenvalue weighted by molar-refractivity contribution is 7.89. The molecule has 0 aromatic carbocycles. The molecule has 6 nitrogen and oxygen atoms in total. The van der Waals surface area contributed by atoms with Crippen molar-refractivity contribution in [2.75, 3.05) is 20.1 Å². The highest BCUT2D eigenvalue weighted by Gasteiger charge is 2.37. The molecule has 1 aromatic rings. The van der Waals surface area contributed by atoms with Crippen molar-refractivity contribution < 1.29 is 8.42 Å². The third-order valence-corrected chi connectivity index (χ3v) is 5.62. The van der Waals surface area contributed by atoms with Gasteiger partial charge in [-0.2, -0.15) is 9.40 Å². The fourth-order valence-corrected chi connectivity index (χ4v) is 4.67. The standard InChI is InChI=1S/C10H17ClN4O2S.ClH/c1-12-6-8-4-3-5-15(8)18(16,17)10-9(11)7-13-14(10)2;/h7-8,12H,3-6H2,1-2H3;1H. The Balaban J connectivity index is 0.00000180. The van der Waals surface area contributed by atoms with E-state index in [0.717, 1.165) is 12.8 Å². The maximum atomic E-state index is 12.6. The number of rotatable bonds is 4. The lowest BCUT2D eigenvalue weighted by atomic mass is 10.2. The smallest absolute Gasteiger partial charge is 0.262 e. The minimum Gasteiger partial charge on any atom is -0.318 e. The molecule has 1 N–H and O–H groups in total. The van der Waals surface area contributed by atoms with Gasteiger partial charge in [0.25, 0.3) is 10.0 Å². The summed E-state index contributed by atoms with van der Waals surface area (Å²) < 4.78 is 28.0. The van der Waals surface area contributed by atoms with E-state index < -0.39 is 10.0 Å². The molecule has 1 saturated heterocycles. The van der Waals surface area contributed by atoms with Crippen LogP contribution in [0.3, 0.4) is 0 Å². The van der Waals surface area contributed by atoms with E-state index in [1.54, 1.807) is 7.05 Å². The van der Waals surface area contributed by atoms with Crippen LogP contribution in [0.25, 0.3) is 0 Å². The molecule has 0 saturated carbocycles. The number of nitrogens with zero attached hydrogens (tertiary/aromatic N) is 3. The molecule has 1 fully saturated rings. The number of sulfonamides is 1. The van der Waals surface area contributed by atoms with Crippen molar-refractivity contribution in [3.63, 3.8) is 0 Å². The van der Waals surface area contributed by atoms with E-state index >= 15 is 0 Å². The first-order valence-electron chi connectivity index (χ1n) is 5.82. The second kappa shape index (κ2) is 6.41. The van der Waals surface area contributed by atoms with Gasteiger partial charge in [0.1, 0.15) is 0 Å². The minimum atomic E-state index is -3.57. The molecular weight excluding hydrogens is 311 g/mol. The molecule has 1 aromatic heterocycles. The molecule has 1 aliphatic heterocycles. The lowest BCUT2D eigenvalue weighted by Crippen LogP contribution is -2.41. The van der Waals surface area contributed by atoms with Crippen molar-refractivity contribution >= 4 is 34.0 Å². The molecule has 0 bridgehead atoms. The predicted octanol–water partition coefficient (Wildman–Crippen LogP) is 0.868. The Bertz CT molecular complexity index is 512. The van der Waals surface area contributed by atoms with Gasteiger partial charge in [-0.15, -0.1) is 12.4 Å². The van der Waals surface area contributed by atoms with E-state index in [1.807, 2.05) is 7.05 Å². The van der Waals surface area contributed by atoms with Gasteiger partial charge in [0, 0.05) is 26.2 Å². The van der Waals surface area contributed by atoms with Gasteiger partial charge in [0.15, 0.2) is 5.03 Å². The summed E-state index contributed by atoms with van der Waals surface area (Å²) in [5.41, 5.74) is 0. The molecule has 9 heteroatoms. The van der Waals surface area contributed by atoms with Crippen molar-refractivity contribution in [1.29, 1.82) is 0 Å². The monoisotopic (exact) mass is 328 g/mol. The van der Waals surface area contributed by atoms with Gasteiger partial charge in [0.05, 0.1) is 11.2 Å².